The Kier molecular flexibility index (Phi) is 5.18. The molecule has 1 fully saturated rings. The third kappa shape index (κ3) is 3.21. The number of esters is 1. The van der Waals surface area contributed by atoms with Crippen LogP contribution in [0.15, 0.2) is 30.3 Å². The highest BCUT2D eigenvalue weighted by Crippen LogP contribution is 2.49. The first-order chi connectivity index (χ1) is 9.74. The number of unbranched alkanes of at least 4 members (excludes halogenated alkanes) is 3. The number of benzene rings is 1. The lowest BCUT2D eigenvalue weighted by molar-refractivity contribution is -0.145. The van der Waals surface area contributed by atoms with Crippen molar-refractivity contribution in [1.29, 1.82) is 0 Å². The summed E-state index contributed by atoms with van der Waals surface area (Å²) in [5, 5.41) is 0. The van der Waals surface area contributed by atoms with E-state index in [1.807, 2.05) is 37.3 Å². The molecule has 0 unspecified atom stereocenters. The van der Waals surface area contributed by atoms with E-state index in [4.69, 9.17) is 9.47 Å². The topological polar surface area (TPSA) is 38.8 Å². The largest absolute Gasteiger partial charge is 0.464 e. The van der Waals surface area contributed by atoms with Gasteiger partial charge in [-0.25, -0.2) is 4.79 Å². The molecule has 1 aromatic carbocycles. The summed E-state index contributed by atoms with van der Waals surface area (Å²) in [5.74, 6) is -0.216. The maximum atomic E-state index is 12.0. The van der Waals surface area contributed by atoms with Crippen molar-refractivity contribution in [2.45, 2.75) is 57.7 Å². The van der Waals surface area contributed by atoms with Crippen LogP contribution >= 0.6 is 0 Å². The van der Waals surface area contributed by atoms with Crippen molar-refractivity contribution in [2.75, 3.05) is 6.61 Å². The van der Waals surface area contributed by atoms with Gasteiger partial charge in [-0.1, -0.05) is 63.4 Å². The van der Waals surface area contributed by atoms with Gasteiger partial charge >= 0.3 is 5.97 Å². The molecule has 1 aliphatic heterocycles. The van der Waals surface area contributed by atoms with Gasteiger partial charge in [0.2, 0.25) is 0 Å². The first-order valence-corrected chi connectivity index (χ1v) is 7.64. The van der Waals surface area contributed by atoms with Gasteiger partial charge in [-0.15, -0.1) is 0 Å². The molecule has 20 heavy (non-hydrogen) atoms. The summed E-state index contributed by atoms with van der Waals surface area (Å²) < 4.78 is 11.0. The summed E-state index contributed by atoms with van der Waals surface area (Å²) in [6, 6.07) is 9.94. The van der Waals surface area contributed by atoms with Gasteiger partial charge in [0, 0.05) is 0 Å². The molecule has 0 N–H and O–H groups in total. The van der Waals surface area contributed by atoms with E-state index in [1.54, 1.807) is 0 Å². The van der Waals surface area contributed by atoms with E-state index in [2.05, 4.69) is 6.92 Å². The maximum absolute atomic E-state index is 12.0. The third-order valence-electron chi connectivity index (χ3n) is 3.94. The normalized spacial score (nSPS) is 24.4. The Morgan fingerprint density at radius 3 is 2.60 bits per heavy atom. The van der Waals surface area contributed by atoms with Gasteiger partial charge in [0.1, 0.15) is 5.60 Å². The highest BCUT2D eigenvalue weighted by molar-refractivity contribution is 5.80. The predicted molar refractivity (Wildman–Crippen MR) is 78.4 cm³/mol. The van der Waals surface area contributed by atoms with Crippen LogP contribution < -0.4 is 0 Å². The molecule has 1 heterocycles. The lowest BCUT2D eigenvalue weighted by Gasteiger charge is -2.10. The highest BCUT2D eigenvalue weighted by atomic mass is 16.7. The monoisotopic (exact) mass is 276 g/mol. The molecule has 3 heteroatoms. The van der Waals surface area contributed by atoms with Crippen molar-refractivity contribution in [3.63, 3.8) is 0 Å². The average molecular weight is 276 g/mol. The minimum Gasteiger partial charge on any atom is -0.464 e. The Balaban J connectivity index is 1.84. The van der Waals surface area contributed by atoms with Crippen LogP contribution in [0.3, 0.4) is 0 Å². The smallest absolute Gasteiger partial charge is 0.338 e. The fourth-order valence-corrected chi connectivity index (χ4v) is 2.60. The van der Waals surface area contributed by atoms with Crippen molar-refractivity contribution in [1.82, 2.24) is 0 Å². The van der Waals surface area contributed by atoms with Crippen LogP contribution in [0.5, 0.6) is 0 Å². The van der Waals surface area contributed by atoms with E-state index >= 15 is 0 Å². The predicted octanol–water partition coefficient (Wildman–Crippen LogP) is 3.81. The molecule has 1 aliphatic rings. The SMILES string of the molecule is CCCCCCOC(=O)[C@H]1O[C@]1(CC)c1ccccc1. The maximum Gasteiger partial charge on any atom is 0.338 e. The zero-order valence-corrected chi connectivity index (χ0v) is 12.4. The highest BCUT2D eigenvalue weighted by Gasteiger charge is 2.61. The molecule has 2 rings (SSSR count). The molecule has 0 bridgehead atoms. The lowest BCUT2D eigenvalue weighted by atomic mass is 9.93. The van der Waals surface area contributed by atoms with Crippen molar-refractivity contribution in [3.05, 3.63) is 35.9 Å². The first kappa shape index (κ1) is 15.0. The Labute approximate surface area is 121 Å². The standard InChI is InChI=1S/C17H24O3/c1-3-5-6-10-13-19-16(18)15-17(4-2,20-15)14-11-8-7-9-12-14/h7-9,11-12,15H,3-6,10,13H2,1-2H3/t15-,17-/m1/s1. The Morgan fingerprint density at radius 2 is 1.95 bits per heavy atom. The molecule has 0 aliphatic carbocycles. The number of epoxide rings is 1. The van der Waals surface area contributed by atoms with Crippen molar-refractivity contribution >= 4 is 5.97 Å². The zero-order valence-electron chi connectivity index (χ0n) is 12.4. The minimum atomic E-state index is -0.457. The van der Waals surface area contributed by atoms with E-state index in [0.29, 0.717) is 6.61 Å². The van der Waals surface area contributed by atoms with Gasteiger partial charge in [0.15, 0.2) is 6.10 Å². The van der Waals surface area contributed by atoms with Crippen LogP contribution in [-0.4, -0.2) is 18.7 Å². The second-order valence-electron chi connectivity index (χ2n) is 5.34. The van der Waals surface area contributed by atoms with Crippen molar-refractivity contribution in [2.24, 2.45) is 0 Å². The van der Waals surface area contributed by atoms with Gasteiger partial charge in [-0.2, -0.15) is 0 Å². The average Bonchev–Trinajstić information content (AvgIpc) is 3.24. The molecular weight excluding hydrogens is 252 g/mol. The van der Waals surface area contributed by atoms with E-state index < -0.39 is 11.7 Å². The summed E-state index contributed by atoms with van der Waals surface area (Å²) in [6.07, 6.45) is 4.80. The zero-order chi connectivity index (χ0) is 14.4. The summed E-state index contributed by atoms with van der Waals surface area (Å²) in [7, 11) is 0. The van der Waals surface area contributed by atoms with E-state index in [9.17, 15) is 4.79 Å². The molecule has 0 spiro atoms. The van der Waals surface area contributed by atoms with Crippen LogP contribution in [0.2, 0.25) is 0 Å². The fraction of sp³-hybridized carbons (Fsp3) is 0.588. The third-order valence-corrected chi connectivity index (χ3v) is 3.94. The number of hydrogen-bond donors (Lipinski definition) is 0. The molecule has 0 aromatic heterocycles. The van der Waals surface area contributed by atoms with E-state index in [-0.39, 0.29) is 5.97 Å². The minimum absolute atomic E-state index is 0.216. The number of rotatable bonds is 8. The molecule has 0 radical (unpaired) electrons. The van der Waals surface area contributed by atoms with Crippen molar-refractivity contribution in [3.8, 4) is 0 Å². The number of ether oxygens (including phenoxy) is 2. The summed E-state index contributed by atoms with van der Waals surface area (Å²) in [5.41, 5.74) is 0.609. The molecule has 2 atom stereocenters. The Hall–Kier alpha value is -1.35. The molecular formula is C17H24O3. The van der Waals surface area contributed by atoms with Gasteiger partial charge < -0.3 is 9.47 Å². The fourth-order valence-electron chi connectivity index (χ4n) is 2.60. The Morgan fingerprint density at radius 1 is 1.20 bits per heavy atom. The van der Waals surface area contributed by atoms with Crippen LogP contribution in [0.25, 0.3) is 0 Å². The van der Waals surface area contributed by atoms with E-state index in [1.165, 1.54) is 12.8 Å². The van der Waals surface area contributed by atoms with Crippen LogP contribution in [0, 0.1) is 0 Å². The van der Waals surface area contributed by atoms with Crippen molar-refractivity contribution < 1.29 is 14.3 Å². The number of hydrogen-bond acceptors (Lipinski definition) is 3. The van der Waals surface area contributed by atoms with Gasteiger partial charge in [-0.3, -0.25) is 0 Å². The molecule has 1 aromatic rings. The summed E-state index contributed by atoms with van der Waals surface area (Å²) >= 11 is 0. The van der Waals surface area contributed by atoms with Crippen LogP contribution in [0.1, 0.15) is 51.5 Å². The molecule has 0 saturated carbocycles. The molecule has 1 saturated heterocycles. The number of carbonyl (C=O) groups is 1. The summed E-state index contributed by atoms with van der Waals surface area (Å²) in [4.78, 5) is 12.0. The molecule has 0 amide bonds. The van der Waals surface area contributed by atoms with Crippen LogP contribution in [-0.2, 0) is 19.9 Å². The van der Waals surface area contributed by atoms with Gasteiger partial charge in [0.05, 0.1) is 6.61 Å². The lowest BCUT2D eigenvalue weighted by Crippen LogP contribution is -2.21. The summed E-state index contributed by atoms with van der Waals surface area (Å²) in [6.45, 7) is 4.72. The second-order valence-corrected chi connectivity index (χ2v) is 5.34. The number of carbonyl (C=O) groups excluding carboxylic acids is 1. The van der Waals surface area contributed by atoms with Gasteiger partial charge in [-0.05, 0) is 18.4 Å². The quantitative estimate of drug-likeness (QED) is 0.411. The Bertz CT molecular complexity index is 429. The first-order valence-electron chi connectivity index (χ1n) is 7.64. The van der Waals surface area contributed by atoms with Crippen LogP contribution in [0.4, 0.5) is 0 Å². The molecule has 3 nitrogen and oxygen atoms in total. The van der Waals surface area contributed by atoms with E-state index in [0.717, 1.165) is 24.8 Å². The molecule has 110 valence electrons. The van der Waals surface area contributed by atoms with Gasteiger partial charge in [0.25, 0.3) is 0 Å². The second kappa shape index (κ2) is 6.89.